The van der Waals surface area contributed by atoms with Crippen LogP contribution in [0.1, 0.15) is 60.5 Å². The Morgan fingerprint density at radius 2 is 1.56 bits per heavy atom. The van der Waals surface area contributed by atoms with Crippen LogP contribution >= 0.6 is 0 Å². The van der Waals surface area contributed by atoms with Crippen molar-refractivity contribution in [1.82, 2.24) is 18.7 Å². The monoisotopic (exact) mass is 774 g/mol. The second kappa shape index (κ2) is 10.7. The molecule has 0 radical (unpaired) electrons. The summed E-state index contributed by atoms with van der Waals surface area (Å²) in [5.41, 5.74) is 7.44. The summed E-state index contributed by atoms with van der Waals surface area (Å²) in [5, 5.41) is 2.31. The summed E-state index contributed by atoms with van der Waals surface area (Å²) in [6.45, 7) is 4.38. The summed E-state index contributed by atoms with van der Waals surface area (Å²) < 4.78 is 38.1. The van der Waals surface area contributed by atoms with E-state index in [0.717, 1.165) is 58.5 Å². The average Bonchev–Trinajstić information content (AvgIpc) is 3.55. The van der Waals surface area contributed by atoms with Gasteiger partial charge in [0.1, 0.15) is 0 Å². The first-order chi connectivity index (χ1) is 23.0. The van der Waals surface area contributed by atoms with Crippen LogP contribution in [-0.4, -0.2) is 18.7 Å². The van der Waals surface area contributed by atoms with E-state index >= 15 is 0 Å². The van der Waals surface area contributed by atoms with Crippen molar-refractivity contribution in [3.05, 3.63) is 124 Å². The van der Waals surface area contributed by atoms with Crippen molar-refractivity contribution in [2.45, 2.75) is 51.5 Å². The Kier molecular flexibility index (Phi) is 5.95. The molecule has 8 rings (SSSR count). The number of hydrogen-bond donors (Lipinski definition) is 0. The number of aromatic nitrogens is 4. The first-order valence-corrected chi connectivity index (χ1v) is 16.6. The normalized spacial score (nSPS) is 16.5. The molecule has 228 valence electrons. The van der Waals surface area contributed by atoms with Crippen LogP contribution in [0, 0.1) is 3.80 Å². The molecule has 3 heterocycles. The third kappa shape index (κ3) is 4.71. The van der Waals surface area contributed by atoms with Gasteiger partial charge in [0.25, 0.3) is 0 Å². The second-order valence-corrected chi connectivity index (χ2v) is 14.0. The van der Waals surface area contributed by atoms with Crippen LogP contribution in [0.2, 0.25) is 0 Å². The minimum absolute atomic E-state index is 0.00687. The van der Waals surface area contributed by atoms with E-state index < -0.39 is 6.98 Å². The number of pyridine rings is 1. The van der Waals surface area contributed by atoms with Gasteiger partial charge in [-0.15, -0.1) is 0 Å². The molecule has 0 spiro atoms. The topological polar surface area (TPSA) is 36.9 Å². The molecule has 0 aliphatic heterocycles. The van der Waals surface area contributed by atoms with Crippen molar-refractivity contribution in [3.8, 4) is 17.3 Å². The summed E-state index contributed by atoms with van der Waals surface area (Å²) in [4.78, 5) is 4.82. The fraction of sp³-hybridized carbons (Fsp3) is 0.231. The van der Waals surface area contributed by atoms with Gasteiger partial charge in [0, 0.05) is 6.20 Å². The summed E-state index contributed by atoms with van der Waals surface area (Å²) in [6, 6.07) is 33.2. The van der Waals surface area contributed by atoms with Gasteiger partial charge in [-0.1, -0.05) is 39.0 Å². The van der Waals surface area contributed by atoms with E-state index in [1.165, 1.54) is 26.6 Å². The first-order valence-electron chi connectivity index (χ1n) is 17.0. The predicted octanol–water partition coefficient (Wildman–Crippen LogP) is 9.57. The fourth-order valence-corrected chi connectivity index (χ4v) is 7.82. The maximum atomic E-state index is 8.28. The Morgan fingerprint density at radius 3 is 2.38 bits per heavy atom. The number of aryl methyl sites for hydroxylation is 2. The molecule has 0 saturated heterocycles. The number of hydrogen-bond acceptors (Lipinski definition) is 2. The summed E-state index contributed by atoms with van der Waals surface area (Å²) >= 11 is 2.18. The summed E-state index contributed by atoms with van der Waals surface area (Å²) in [5.74, 6) is 2.38. The Labute approximate surface area is 278 Å². The number of imidazole rings is 1. The number of para-hydroxylation sites is 3. The van der Waals surface area contributed by atoms with E-state index in [1.54, 1.807) is 0 Å². The van der Waals surface area contributed by atoms with Crippen molar-refractivity contribution < 1.29 is 28.2 Å². The Hall–Kier alpha value is -4.21. The molecule has 0 amide bonds. The molecule has 1 unspecified atom stereocenters. The van der Waals surface area contributed by atoms with Crippen LogP contribution in [0.25, 0.3) is 38.7 Å². The molecular weight excluding hydrogens is 736 g/mol. The van der Waals surface area contributed by atoms with Crippen LogP contribution in [0.15, 0.2) is 103 Å². The van der Waals surface area contributed by atoms with Crippen molar-refractivity contribution in [3.63, 3.8) is 0 Å². The van der Waals surface area contributed by atoms with E-state index in [4.69, 9.17) is 13.8 Å². The van der Waals surface area contributed by atoms with Crippen molar-refractivity contribution >= 4 is 32.8 Å². The Morgan fingerprint density at radius 1 is 0.822 bits per heavy atom. The predicted molar refractivity (Wildman–Crippen MR) is 179 cm³/mol. The molecule has 0 bridgehead atoms. The van der Waals surface area contributed by atoms with Gasteiger partial charge in [-0.05, 0) is 29.2 Å². The zero-order valence-corrected chi connectivity index (χ0v) is 27.8. The van der Waals surface area contributed by atoms with Gasteiger partial charge in [0.2, 0.25) is 0 Å². The van der Waals surface area contributed by atoms with Crippen molar-refractivity contribution in [1.29, 1.82) is 0 Å². The van der Waals surface area contributed by atoms with Gasteiger partial charge in [0.15, 0.2) is 0 Å². The Balaban J connectivity index is 1.22. The molecule has 6 heteroatoms. The van der Waals surface area contributed by atoms with Gasteiger partial charge >= 0.3 is 200 Å². The molecule has 0 saturated carbocycles. The average molecular weight is 775 g/mol. The zero-order chi connectivity index (χ0) is 33.4. The van der Waals surface area contributed by atoms with Crippen molar-refractivity contribution in [2.24, 2.45) is 6.98 Å². The molecule has 1 atom stereocenters. The van der Waals surface area contributed by atoms with Crippen LogP contribution in [0.4, 0.5) is 0 Å². The number of nitrogens with zero attached hydrogens (tertiary/aromatic N) is 4. The fourth-order valence-electron chi connectivity index (χ4n) is 6.92. The van der Waals surface area contributed by atoms with Gasteiger partial charge in [-0.2, -0.15) is 0 Å². The number of benzene rings is 4. The van der Waals surface area contributed by atoms with Gasteiger partial charge in [0.05, 0.1) is 0 Å². The van der Waals surface area contributed by atoms with E-state index in [9.17, 15) is 0 Å². The molecule has 0 fully saturated rings. The van der Waals surface area contributed by atoms with Crippen LogP contribution in [0.5, 0.6) is 11.5 Å². The van der Waals surface area contributed by atoms with E-state index in [-0.39, 0.29) is 11.5 Å². The quantitative estimate of drug-likeness (QED) is 0.179. The molecule has 5 nitrogen and oxygen atoms in total. The maximum absolute atomic E-state index is 8.28. The number of rotatable bonds is 4. The third-order valence-electron chi connectivity index (χ3n) is 9.17. The first kappa shape index (κ1) is 25.0. The standard InChI is InChI=1S/C39H36N4O.Pt/c1-39(2,3)27-20-21-40-38(22-27)43-34-12-6-5-11-30(34)31-19-18-29(24-37(31)43)44-28-17-16-26-10-9-15-33(32(26)23-28)42-25-41(4)35-13-7-8-14-36(35)42;/h5-8,11-14,16-24,33H,9-10,15H2,1-4H3;/i4D3;. The number of fused-ring (bicyclic) bond motifs is 5. The van der Waals surface area contributed by atoms with E-state index in [1.807, 2.05) is 36.5 Å². The second-order valence-electron chi connectivity index (χ2n) is 13.0. The minimum atomic E-state index is -2.28. The molecule has 4 aromatic carbocycles. The summed E-state index contributed by atoms with van der Waals surface area (Å²) in [7, 11) is 0. The van der Waals surface area contributed by atoms with Crippen LogP contribution in [0.3, 0.4) is 0 Å². The van der Waals surface area contributed by atoms with E-state index in [0.29, 0.717) is 9.32 Å². The SMILES string of the molecule is [2H]C([2H])([2H])n1[c](=[Pt])n(C2CCCc3ccc(Oc4ccc5c6ccccc6n(-c6cc(C(C)(C)C)ccn6)c5c4)cc32)c2ccccc21. The van der Waals surface area contributed by atoms with Gasteiger partial charge < -0.3 is 0 Å². The summed E-state index contributed by atoms with van der Waals surface area (Å²) in [6.07, 6.45) is 4.82. The molecular formula is C39H36N4OPt. The zero-order valence-electron chi connectivity index (χ0n) is 28.5. The molecule has 1 aliphatic rings. The number of ether oxygens (including phenoxy) is 1. The molecule has 7 aromatic rings. The molecule has 0 N–H and O–H groups in total. The van der Waals surface area contributed by atoms with Crippen LogP contribution in [-0.2, 0) is 38.2 Å². The van der Waals surface area contributed by atoms with Gasteiger partial charge in [-0.3, -0.25) is 0 Å². The third-order valence-corrected chi connectivity index (χ3v) is 10.2. The van der Waals surface area contributed by atoms with E-state index in [2.05, 4.69) is 116 Å². The molecule has 3 aromatic heterocycles. The Bertz CT molecular complexity index is 2430. The molecule has 45 heavy (non-hydrogen) atoms. The molecule has 1 aliphatic carbocycles. The van der Waals surface area contributed by atoms with Crippen LogP contribution < -0.4 is 4.74 Å². The van der Waals surface area contributed by atoms with Crippen molar-refractivity contribution in [2.75, 3.05) is 0 Å². The van der Waals surface area contributed by atoms with Gasteiger partial charge in [-0.25, -0.2) is 4.98 Å².